The standard InChI is InChI=1S/C17H16N4/c1-13-2-6-15(7-3-13)21(11-18)16-8-4-14(5-9-16)17-10-19-12-20-17/h2-12,18H,1H3,(H,19,20). The lowest BCUT2D eigenvalue weighted by atomic mass is 10.1. The molecule has 0 aliphatic rings. The van der Waals surface area contributed by atoms with Crippen LogP contribution in [0.4, 0.5) is 11.4 Å². The first-order valence-electron chi connectivity index (χ1n) is 6.73. The second-order valence-corrected chi connectivity index (χ2v) is 4.85. The fourth-order valence-corrected chi connectivity index (χ4v) is 2.22. The molecule has 3 aromatic rings. The Bertz CT molecular complexity index is 712. The van der Waals surface area contributed by atoms with Gasteiger partial charge in [0.15, 0.2) is 0 Å². The number of aryl methyl sites for hydroxylation is 1. The lowest BCUT2D eigenvalue weighted by Crippen LogP contribution is -2.13. The zero-order chi connectivity index (χ0) is 14.7. The van der Waals surface area contributed by atoms with Gasteiger partial charge in [-0.15, -0.1) is 0 Å². The van der Waals surface area contributed by atoms with E-state index in [2.05, 4.69) is 16.9 Å². The summed E-state index contributed by atoms with van der Waals surface area (Å²) in [5.41, 5.74) is 5.20. The number of nitrogens with zero attached hydrogens (tertiary/aromatic N) is 2. The van der Waals surface area contributed by atoms with Gasteiger partial charge in [0, 0.05) is 11.4 Å². The maximum Gasteiger partial charge on any atom is 0.0924 e. The molecule has 21 heavy (non-hydrogen) atoms. The predicted octanol–water partition coefficient (Wildman–Crippen LogP) is 4.13. The van der Waals surface area contributed by atoms with E-state index in [1.807, 2.05) is 53.4 Å². The minimum absolute atomic E-state index is 0.956. The van der Waals surface area contributed by atoms with Crippen molar-refractivity contribution in [1.82, 2.24) is 9.97 Å². The zero-order valence-electron chi connectivity index (χ0n) is 11.7. The normalized spacial score (nSPS) is 10.3. The van der Waals surface area contributed by atoms with Gasteiger partial charge in [-0.2, -0.15) is 0 Å². The zero-order valence-corrected chi connectivity index (χ0v) is 11.7. The van der Waals surface area contributed by atoms with Crippen LogP contribution in [0.3, 0.4) is 0 Å². The van der Waals surface area contributed by atoms with E-state index >= 15 is 0 Å². The van der Waals surface area contributed by atoms with Crippen LogP contribution in [0.15, 0.2) is 61.1 Å². The van der Waals surface area contributed by atoms with Crippen LogP contribution >= 0.6 is 0 Å². The summed E-state index contributed by atoms with van der Waals surface area (Å²) in [6.07, 6.45) is 4.79. The summed E-state index contributed by atoms with van der Waals surface area (Å²) in [6, 6.07) is 16.2. The van der Waals surface area contributed by atoms with Crippen molar-refractivity contribution < 1.29 is 0 Å². The molecule has 4 nitrogen and oxygen atoms in total. The summed E-state index contributed by atoms with van der Waals surface area (Å²) in [4.78, 5) is 8.95. The van der Waals surface area contributed by atoms with Crippen molar-refractivity contribution in [1.29, 1.82) is 5.41 Å². The monoisotopic (exact) mass is 276 g/mol. The lowest BCUT2D eigenvalue weighted by Gasteiger charge is -2.19. The van der Waals surface area contributed by atoms with Crippen LogP contribution in [0, 0.1) is 12.3 Å². The van der Waals surface area contributed by atoms with E-state index in [1.165, 1.54) is 11.9 Å². The average molecular weight is 276 g/mol. The van der Waals surface area contributed by atoms with Crippen LogP contribution in [0.25, 0.3) is 11.3 Å². The van der Waals surface area contributed by atoms with Gasteiger partial charge < -0.3 is 9.88 Å². The Morgan fingerprint density at radius 2 is 1.62 bits per heavy atom. The van der Waals surface area contributed by atoms with E-state index < -0.39 is 0 Å². The topological polar surface area (TPSA) is 55.8 Å². The van der Waals surface area contributed by atoms with Crippen molar-refractivity contribution in [3.05, 3.63) is 66.6 Å². The van der Waals surface area contributed by atoms with Crippen molar-refractivity contribution in [3.8, 4) is 11.3 Å². The van der Waals surface area contributed by atoms with Crippen LogP contribution in [0.2, 0.25) is 0 Å². The first kappa shape index (κ1) is 13.1. The number of rotatable bonds is 4. The molecule has 0 bridgehead atoms. The molecule has 104 valence electrons. The molecule has 4 heteroatoms. The molecular formula is C17H16N4. The van der Waals surface area contributed by atoms with Gasteiger partial charge in [-0.25, -0.2) is 4.98 Å². The predicted molar refractivity (Wildman–Crippen MR) is 86.1 cm³/mol. The largest absolute Gasteiger partial charge is 0.345 e. The number of aromatic amines is 1. The first-order chi connectivity index (χ1) is 10.3. The molecule has 0 unspecified atom stereocenters. The Morgan fingerprint density at radius 1 is 1.00 bits per heavy atom. The molecule has 1 heterocycles. The molecular weight excluding hydrogens is 260 g/mol. The van der Waals surface area contributed by atoms with Gasteiger partial charge >= 0.3 is 0 Å². The van der Waals surface area contributed by atoms with E-state index in [0.717, 1.165) is 22.6 Å². The first-order valence-corrected chi connectivity index (χ1v) is 6.73. The molecule has 0 radical (unpaired) electrons. The van der Waals surface area contributed by atoms with Crippen molar-refractivity contribution in [2.75, 3.05) is 4.90 Å². The van der Waals surface area contributed by atoms with Gasteiger partial charge in [-0.1, -0.05) is 29.8 Å². The Hall–Kier alpha value is -2.88. The summed E-state index contributed by atoms with van der Waals surface area (Å²) in [6.45, 7) is 2.05. The molecule has 0 spiro atoms. The Labute approximate surface area is 123 Å². The van der Waals surface area contributed by atoms with Crippen LogP contribution < -0.4 is 4.90 Å². The second kappa shape index (κ2) is 5.63. The second-order valence-electron chi connectivity index (χ2n) is 4.85. The fraction of sp³-hybridized carbons (Fsp3) is 0.0588. The van der Waals surface area contributed by atoms with Crippen molar-refractivity contribution in [3.63, 3.8) is 0 Å². The third-order valence-corrected chi connectivity index (χ3v) is 3.40. The molecule has 1 aromatic heterocycles. The average Bonchev–Trinajstić information content (AvgIpc) is 3.05. The van der Waals surface area contributed by atoms with Crippen LogP contribution in [0.1, 0.15) is 5.56 Å². The Morgan fingerprint density at radius 3 is 2.14 bits per heavy atom. The van der Waals surface area contributed by atoms with Gasteiger partial charge in [0.1, 0.15) is 0 Å². The highest BCUT2D eigenvalue weighted by molar-refractivity contribution is 5.88. The smallest absolute Gasteiger partial charge is 0.0924 e. The van der Waals surface area contributed by atoms with Gasteiger partial charge in [0.05, 0.1) is 24.6 Å². The molecule has 0 saturated carbocycles. The number of H-pyrrole nitrogens is 1. The number of benzene rings is 2. The third kappa shape index (κ3) is 2.69. The Kier molecular flexibility index (Phi) is 3.51. The molecule has 0 atom stereocenters. The number of nitrogens with one attached hydrogen (secondary N) is 2. The highest BCUT2D eigenvalue weighted by atomic mass is 15.1. The van der Waals surface area contributed by atoms with Gasteiger partial charge in [-0.3, -0.25) is 5.41 Å². The summed E-state index contributed by atoms with van der Waals surface area (Å²) in [5.74, 6) is 0. The highest BCUT2D eigenvalue weighted by Crippen LogP contribution is 2.26. The third-order valence-electron chi connectivity index (χ3n) is 3.40. The highest BCUT2D eigenvalue weighted by Gasteiger charge is 2.07. The number of anilines is 2. The summed E-state index contributed by atoms with van der Waals surface area (Å²) in [5, 5.41) is 7.67. The van der Waals surface area contributed by atoms with Crippen molar-refractivity contribution in [2.45, 2.75) is 6.92 Å². The molecule has 0 fully saturated rings. The van der Waals surface area contributed by atoms with Crippen LogP contribution in [0.5, 0.6) is 0 Å². The van der Waals surface area contributed by atoms with E-state index in [4.69, 9.17) is 5.41 Å². The van der Waals surface area contributed by atoms with E-state index in [9.17, 15) is 0 Å². The van der Waals surface area contributed by atoms with E-state index in [0.29, 0.717) is 0 Å². The van der Waals surface area contributed by atoms with Gasteiger partial charge in [0.25, 0.3) is 0 Å². The van der Waals surface area contributed by atoms with Crippen molar-refractivity contribution >= 4 is 17.7 Å². The molecule has 3 rings (SSSR count). The minimum Gasteiger partial charge on any atom is -0.345 e. The van der Waals surface area contributed by atoms with E-state index in [-0.39, 0.29) is 0 Å². The van der Waals surface area contributed by atoms with Crippen LogP contribution in [-0.2, 0) is 0 Å². The molecule has 0 aliphatic heterocycles. The van der Waals surface area contributed by atoms with Gasteiger partial charge in [0.2, 0.25) is 0 Å². The van der Waals surface area contributed by atoms with Crippen molar-refractivity contribution in [2.24, 2.45) is 0 Å². The van der Waals surface area contributed by atoms with Gasteiger partial charge in [-0.05, 0) is 36.8 Å². The molecule has 2 N–H and O–H groups in total. The maximum atomic E-state index is 7.67. The number of hydrogen-bond acceptors (Lipinski definition) is 2. The molecule has 2 aromatic carbocycles. The van der Waals surface area contributed by atoms with Crippen LogP contribution in [-0.4, -0.2) is 16.3 Å². The van der Waals surface area contributed by atoms with E-state index in [1.54, 1.807) is 12.5 Å². The number of hydrogen-bond donors (Lipinski definition) is 2. The quantitative estimate of drug-likeness (QED) is 0.556. The SMILES string of the molecule is Cc1ccc(N(C=N)c2ccc(-c3cnc[nH]3)cc2)cc1. The summed E-state index contributed by atoms with van der Waals surface area (Å²) in [7, 11) is 0. The maximum absolute atomic E-state index is 7.67. The summed E-state index contributed by atoms with van der Waals surface area (Å²) >= 11 is 0. The lowest BCUT2D eigenvalue weighted by molar-refractivity contribution is 1.31. The fourth-order valence-electron chi connectivity index (χ4n) is 2.22. The number of imidazole rings is 1. The number of aromatic nitrogens is 2. The molecule has 0 saturated heterocycles. The molecule has 0 aliphatic carbocycles. The molecule has 0 amide bonds. The minimum atomic E-state index is 0.956. The summed E-state index contributed by atoms with van der Waals surface area (Å²) < 4.78 is 0. The Balaban J connectivity index is 1.91.